The lowest BCUT2D eigenvalue weighted by Crippen LogP contribution is -2.51. The predicted molar refractivity (Wildman–Crippen MR) is 70.5 cm³/mol. The molecule has 1 saturated heterocycles. The van der Waals surface area contributed by atoms with E-state index in [0.717, 1.165) is 38.5 Å². The molecule has 1 aromatic carbocycles. The molecule has 94 valence electrons. The van der Waals surface area contributed by atoms with Gasteiger partial charge >= 0.3 is 0 Å². The summed E-state index contributed by atoms with van der Waals surface area (Å²) in [6.45, 7) is 7.42. The Labute approximate surface area is 104 Å². The Kier molecular flexibility index (Phi) is 4.83. The van der Waals surface area contributed by atoms with Gasteiger partial charge in [0.15, 0.2) is 0 Å². The van der Waals surface area contributed by atoms with Gasteiger partial charge in [-0.05, 0) is 18.6 Å². The molecular formula is C14H22N2O. The number of hydrogen-bond donors (Lipinski definition) is 1. The van der Waals surface area contributed by atoms with Crippen molar-refractivity contribution in [2.24, 2.45) is 0 Å². The van der Waals surface area contributed by atoms with Gasteiger partial charge in [0, 0.05) is 32.2 Å². The highest BCUT2D eigenvalue weighted by Gasteiger charge is 2.16. The molecule has 0 spiro atoms. The largest absolute Gasteiger partial charge is 0.492 e. The Hall–Kier alpha value is -1.06. The van der Waals surface area contributed by atoms with Gasteiger partial charge in [0.05, 0.1) is 0 Å². The molecule has 3 heteroatoms. The van der Waals surface area contributed by atoms with Gasteiger partial charge in [0.1, 0.15) is 12.4 Å². The van der Waals surface area contributed by atoms with Crippen molar-refractivity contribution in [3.05, 3.63) is 30.3 Å². The third kappa shape index (κ3) is 4.02. The van der Waals surface area contributed by atoms with Gasteiger partial charge in [-0.15, -0.1) is 0 Å². The summed E-state index contributed by atoms with van der Waals surface area (Å²) >= 11 is 0. The van der Waals surface area contributed by atoms with Crippen molar-refractivity contribution in [2.45, 2.75) is 19.4 Å². The highest BCUT2D eigenvalue weighted by molar-refractivity contribution is 5.20. The Balaban J connectivity index is 1.68. The van der Waals surface area contributed by atoms with Crippen LogP contribution < -0.4 is 10.1 Å². The summed E-state index contributed by atoms with van der Waals surface area (Å²) < 4.78 is 5.72. The number of piperazine rings is 1. The Morgan fingerprint density at radius 2 is 2.18 bits per heavy atom. The van der Waals surface area contributed by atoms with Crippen LogP contribution in [-0.2, 0) is 0 Å². The third-order valence-electron chi connectivity index (χ3n) is 3.25. The maximum atomic E-state index is 5.72. The average Bonchev–Trinajstić information content (AvgIpc) is 2.40. The van der Waals surface area contributed by atoms with E-state index in [1.54, 1.807) is 0 Å². The molecule has 1 heterocycles. The first-order chi connectivity index (χ1) is 8.38. The average molecular weight is 234 g/mol. The molecular weight excluding hydrogens is 212 g/mol. The molecule has 0 radical (unpaired) electrons. The Bertz CT molecular complexity index is 315. The number of benzene rings is 1. The zero-order valence-electron chi connectivity index (χ0n) is 10.6. The summed E-state index contributed by atoms with van der Waals surface area (Å²) in [6, 6.07) is 10.7. The summed E-state index contributed by atoms with van der Waals surface area (Å²) in [5.74, 6) is 0.967. The van der Waals surface area contributed by atoms with Crippen LogP contribution >= 0.6 is 0 Å². The molecule has 17 heavy (non-hydrogen) atoms. The number of ether oxygens (including phenoxy) is 1. The van der Waals surface area contributed by atoms with Gasteiger partial charge < -0.3 is 10.1 Å². The summed E-state index contributed by atoms with van der Waals surface area (Å²) in [4.78, 5) is 2.48. The Morgan fingerprint density at radius 3 is 2.94 bits per heavy atom. The van der Waals surface area contributed by atoms with Crippen molar-refractivity contribution in [2.75, 3.05) is 32.8 Å². The van der Waals surface area contributed by atoms with Crippen LogP contribution in [0.2, 0.25) is 0 Å². The monoisotopic (exact) mass is 234 g/mol. The summed E-state index contributed by atoms with van der Waals surface area (Å²) in [6.07, 6.45) is 1.20. The number of para-hydroxylation sites is 1. The zero-order valence-corrected chi connectivity index (χ0v) is 10.6. The molecule has 1 aliphatic rings. The van der Waals surface area contributed by atoms with E-state index in [4.69, 9.17) is 4.74 Å². The fourth-order valence-electron chi connectivity index (χ4n) is 2.18. The topological polar surface area (TPSA) is 24.5 Å². The second kappa shape index (κ2) is 6.62. The van der Waals surface area contributed by atoms with E-state index in [9.17, 15) is 0 Å². The second-order valence-corrected chi connectivity index (χ2v) is 4.52. The van der Waals surface area contributed by atoms with Crippen LogP contribution in [-0.4, -0.2) is 43.7 Å². The van der Waals surface area contributed by atoms with Gasteiger partial charge in [-0.3, -0.25) is 4.90 Å². The minimum Gasteiger partial charge on any atom is -0.492 e. The van der Waals surface area contributed by atoms with Crippen LogP contribution in [0.1, 0.15) is 13.3 Å². The molecule has 1 unspecified atom stereocenters. The summed E-state index contributed by atoms with van der Waals surface area (Å²) in [5, 5.41) is 3.52. The molecule has 0 aliphatic carbocycles. The molecule has 0 bridgehead atoms. The van der Waals surface area contributed by atoms with Crippen LogP contribution in [0, 0.1) is 0 Å². The van der Waals surface area contributed by atoms with Gasteiger partial charge in [-0.25, -0.2) is 0 Å². The lowest BCUT2D eigenvalue weighted by atomic mass is 10.1. The van der Waals surface area contributed by atoms with E-state index in [1.807, 2.05) is 30.3 Å². The minimum absolute atomic E-state index is 0.653. The van der Waals surface area contributed by atoms with Crippen molar-refractivity contribution in [1.82, 2.24) is 10.2 Å². The third-order valence-corrected chi connectivity index (χ3v) is 3.25. The number of nitrogens with one attached hydrogen (secondary N) is 1. The van der Waals surface area contributed by atoms with E-state index >= 15 is 0 Å². The first-order valence-corrected chi connectivity index (χ1v) is 6.52. The predicted octanol–water partition coefficient (Wildman–Crippen LogP) is 1.75. The molecule has 3 nitrogen and oxygen atoms in total. The number of hydrogen-bond acceptors (Lipinski definition) is 3. The minimum atomic E-state index is 0.653. The fourth-order valence-corrected chi connectivity index (χ4v) is 2.18. The van der Waals surface area contributed by atoms with Gasteiger partial charge in [0.2, 0.25) is 0 Å². The molecule has 0 aromatic heterocycles. The molecule has 1 atom stereocenters. The molecule has 1 fully saturated rings. The SMILES string of the molecule is CCC1CN(CCOc2ccccc2)CCN1. The summed E-state index contributed by atoms with van der Waals surface area (Å²) in [5.41, 5.74) is 0. The van der Waals surface area contributed by atoms with E-state index in [1.165, 1.54) is 6.42 Å². The first kappa shape index (κ1) is 12.4. The van der Waals surface area contributed by atoms with Crippen molar-refractivity contribution in [3.8, 4) is 5.75 Å². The standard InChI is InChI=1S/C14H22N2O/c1-2-13-12-16(9-8-15-13)10-11-17-14-6-4-3-5-7-14/h3-7,13,15H,2,8-12H2,1H3. The van der Waals surface area contributed by atoms with E-state index < -0.39 is 0 Å². The van der Waals surface area contributed by atoms with E-state index in [0.29, 0.717) is 6.04 Å². The zero-order chi connectivity index (χ0) is 11.9. The molecule has 0 amide bonds. The van der Waals surface area contributed by atoms with Crippen LogP contribution in [0.4, 0.5) is 0 Å². The van der Waals surface area contributed by atoms with Crippen molar-refractivity contribution in [1.29, 1.82) is 0 Å². The van der Waals surface area contributed by atoms with Crippen LogP contribution in [0.15, 0.2) is 30.3 Å². The lowest BCUT2D eigenvalue weighted by molar-refractivity contribution is 0.164. The molecule has 2 rings (SSSR count). The second-order valence-electron chi connectivity index (χ2n) is 4.52. The van der Waals surface area contributed by atoms with Gasteiger partial charge in [0.25, 0.3) is 0 Å². The quantitative estimate of drug-likeness (QED) is 0.840. The van der Waals surface area contributed by atoms with Crippen molar-refractivity contribution >= 4 is 0 Å². The maximum Gasteiger partial charge on any atom is 0.119 e. The van der Waals surface area contributed by atoms with Crippen LogP contribution in [0.25, 0.3) is 0 Å². The molecule has 1 N–H and O–H groups in total. The Morgan fingerprint density at radius 1 is 1.35 bits per heavy atom. The van der Waals surface area contributed by atoms with E-state index in [2.05, 4.69) is 17.1 Å². The molecule has 1 aliphatic heterocycles. The van der Waals surface area contributed by atoms with Crippen molar-refractivity contribution in [3.63, 3.8) is 0 Å². The number of nitrogens with zero attached hydrogens (tertiary/aromatic N) is 1. The lowest BCUT2D eigenvalue weighted by Gasteiger charge is -2.33. The normalized spacial score (nSPS) is 21.4. The maximum absolute atomic E-state index is 5.72. The van der Waals surface area contributed by atoms with Crippen LogP contribution in [0.3, 0.4) is 0 Å². The smallest absolute Gasteiger partial charge is 0.119 e. The van der Waals surface area contributed by atoms with Gasteiger partial charge in [-0.1, -0.05) is 25.1 Å². The highest BCUT2D eigenvalue weighted by atomic mass is 16.5. The highest BCUT2D eigenvalue weighted by Crippen LogP contribution is 2.08. The molecule has 0 saturated carbocycles. The van der Waals surface area contributed by atoms with Crippen LogP contribution in [0.5, 0.6) is 5.75 Å². The fraction of sp³-hybridized carbons (Fsp3) is 0.571. The first-order valence-electron chi connectivity index (χ1n) is 6.52. The number of rotatable bonds is 5. The molecule has 1 aromatic rings. The summed E-state index contributed by atoms with van der Waals surface area (Å²) in [7, 11) is 0. The van der Waals surface area contributed by atoms with E-state index in [-0.39, 0.29) is 0 Å². The van der Waals surface area contributed by atoms with Gasteiger partial charge in [-0.2, -0.15) is 0 Å². The van der Waals surface area contributed by atoms with Crippen molar-refractivity contribution < 1.29 is 4.74 Å².